The molecular formula is C17H17BrClN3O. The first-order chi connectivity index (χ1) is 11.0. The van der Waals surface area contributed by atoms with E-state index in [1.807, 2.05) is 49.4 Å². The maximum absolute atomic E-state index is 12.4. The smallest absolute Gasteiger partial charge is 0.242 e. The average Bonchev–Trinajstić information content (AvgIpc) is 3.01. The summed E-state index contributed by atoms with van der Waals surface area (Å²) >= 11 is 9.33. The van der Waals surface area contributed by atoms with Crippen molar-refractivity contribution in [3.63, 3.8) is 0 Å². The Morgan fingerprint density at radius 1 is 1.22 bits per heavy atom. The van der Waals surface area contributed by atoms with Gasteiger partial charge in [-0.2, -0.15) is 0 Å². The number of amides is 1. The van der Waals surface area contributed by atoms with E-state index < -0.39 is 0 Å². The van der Waals surface area contributed by atoms with Crippen molar-refractivity contribution in [2.24, 2.45) is 0 Å². The molecular weight excluding hydrogens is 378 g/mol. The molecule has 1 amide bonds. The number of hydrazine groups is 1. The highest BCUT2D eigenvalue weighted by Gasteiger charge is 2.30. The second-order valence-corrected chi connectivity index (χ2v) is 6.98. The van der Waals surface area contributed by atoms with Crippen LogP contribution in [0.15, 0.2) is 46.9 Å². The van der Waals surface area contributed by atoms with Gasteiger partial charge in [0.15, 0.2) is 0 Å². The van der Waals surface area contributed by atoms with Gasteiger partial charge >= 0.3 is 0 Å². The Bertz CT molecular complexity index is 720. The number of nitrogens with one attached hydrogen (secondary N) is 3. The molecule has 1 aliphatic heterocycles. The van der Waals surface area contributed by atoms with Gasteiger partial charge in [-0.3, -0.25) is 4.79 Å². The highest BCUT2D eigenvalue weighted by Crippen LogP contribution is 2.25. The zero-order chi connectivity index (χ0) is 16.4. The van der Waals surface area contributed by atoms with Crippen molar-refractivity contribution < 1.29 is 4.79 Å². The van der Waals surface area contributed by atoms with Crippen molar-refractivity contribution in [2.75, 3.05) is 5.32 Å². The Hall–Kier alpha value is -1.40. The van der Waals surface area contributed by atoms with Crippen LogP contribution in [0.25, 0.3) is 0 Å². The fourth-order valence-electron chi connectivity index (χ4n) is 2.63. The second kappa shape index (κ2) is 7.01. The number of halogens is 2. The Balaban J connectivity index is 1.64. The largest absolute Gasteiger partial charge is 0.324 e. The second-order valence-electron chi connectivity index (χ2n) is 5.63. The van der Waals surface area contributed by atoms with E-state index in [0.29, 0.717) is 11.4 Å². The molecule has 0 saturated carbocycles. The number of carbonyl (C=O) groups is 1. The molecule has 120 valence electrons. The standard InChI is InChI=1S/C17H17BrClN3O/c1-10-8-12(18)4-7-14(10)20-17(23)16-9-15(21-22-16)11-2-5-13(19)6-3-11/h2-8,15-16,21-22H,9H2,1H3,(H,20,23). The molecule has 2 aromatic carbocycles. The molecule has 0 aromatic heterocycles. The van der Waals surface area contributed by atoms with Gasteiger partial charge in [-0.05, 0) is 54.8 Å². The fraction of sp³-hybridized carbons (Fsp3) is 0.235. The molecule has 0 radical (unpaired) electrons. The molecule has 6 heteroatoms. The van der Waals surface area contributed by atoms with Gasteiger partial charge in [-0.15, -0.1) is 0 Å². The summed E-state index contributed by atoms with van der Waals surface area (Å²) in [6, 6.07) is 13.3. The minimum absolute atomic E-state index is 0.0422. The molecule has 23 heavy (non-hydrogen) atoms. The molecule has 0 aliphatic carbocycles. The normalized spacial score (nSPS) is 20.5. The van der Waals surface area contributed by atoms with Crippen LogP contribution in [0.1, 0.15) is 23.6 Å². The summed E-state index contributed by atoms with van der Waals surface area (Å²) in [7, 11) is 0. The van der Waals surface area contributed by atoms with Crippen molar-refractivity contribution in [3.05, 3.63) is 63.1 Å². The minimum atomic E-state index is -0.279. The molecule has 1 aliphatic rings. The van der Waals surface area contributed by atoms with Crippen LogP contribution < -0.4 is 16.2 Å². The van der Waals surface area contributed by atoms with Gasteiger partial charge in [0.2, 0.25) is 5.91 Å². The van der Waals surface area contributed by atoms with Gasteiger partial charge in [0, 0.05) is 21.2 Å². The number of hydrogen-bond acceptors (Lipinski definition) is 3. The Morgan fingerprint density at radius 3 is 2.65 bits per heavy atom. The van der Waals surface area contributed by atoms with Gasteiger partial charge in [-0.1, -0.05) is 39.7 Å². The molecule has 1 saturated heterocycles. The first-order valence-electron chi connectivity index (χ1n) is 7.36. The van der Waals surface area contributed by atoms with Crippen molar-refractivity contribution in [3.8, 4) is 0 Å². The van der Waals surface area contributed by atoms with Crippen LogP contribution in [-0.2, 0) is 4.79 Å². The topological polar surface area (TPSA) is 53.2 Å². The third kappa shape index (κ3) is 3.93. The molecule has 1 heterocycles. The lowest BCUT2D eigenvalue weighted by Gasteiger charge is -2.13. The lowest BCUT2D eigenvalue weighted by Crippen LogP contribution is -2.39. The maximum atomic E-state index is 12.4. The number of rotatable bonds is 3. The van der Waals surface area contributed by atoms with Crippen LogP contribution in [-0.4, -0.2) is 11.9 Å². The van der Waals surface area contributed by atoms with Gasteiger partial charge in [0.05, 0.1) is 0 Å². The van der Waals surface area contributed by atoms with E-state index in [4.69, 9.17) is 11.6 Å². The van der Waals surface area contributed by atoms with Crippen LogP contribution in [0.2, 0.25) is 5.02 Å². The lowest BCUT2D eigenvalue weighted by atomic mass is 10.0. The van der Waals surface area contributed by atoms with Crippen molar-refractivity contribution in [1.29, 1.82) is 0 Å². The first-order valence-corrected chi connectivity index (χ1v) is 8.53. The SMILES string of the molecule is Cc1cc(Br)ccc1NC(=O)C1CC(c2ccc(Cl)cc2)NN1. The third-order valence-electron chi connectivity index (χ3n) is 3.94. The number of carbonyl (C=O) groups excluding carboxylic acids is 1. The number of aryl methyl sites for hydroxylation is 1. The summed E-state index contributed by atoms with van der Waals surface area (Å²) in [5.41, 5.74) is 9.20. The molecule has 2 unspecified atom stereocenters. The Labute approximate surface area is 148 Å². The highest BCUT2D eigenvalue weighted by atomic mass is 79.9. The minimum Gasteiger partial charge on any atom is -0.324 e. The summed E-state index contributed by atoms with van der Waals surface area (Å²) < 4.78 is 0.997. The van der Waals surface area contributed by atoms with Gasteiger partial charge < -0.3 is 5.32 Å². The van der Waals surface area contributed by atoms with E-state index in [1.54, 1.807) is 0 Å². The molecule has 1 fully saturated rings. The quantitative estimate of drug-likeness (QED) is 0.738. The number of hydrogen-bond donors (Lipinski definition) is 3. The van der Waals surface area contributed by atoms with Crippen LogP contribution >= 0.6 is 27.5 Å². The zero-order valence-electron chi connectivity index (χ0n) is 12.6. The van der Waals surface area contributed by atoms with Crippen LogP contribution in [0.4, 0.5) is 5.69 Å². The molecule has 2 atom stereocenters. The summed E-state index contributed by atoms with van der Waals surface area (Å²) in [6.07, 6.45) is 0.684. The van der Waals surface area contributed by atoms with Gasteiger partial charge in [0.25, 0.3) is 0 Å². The van der Waals surface area contributed by atoms with E-state index in [2.05, 4.69) is 32.1 Å². The predicted molar refractivity (Wildman–Crippen MR) is 96.4 cm³/mol. The summed E-state index contributed by atoms with van der Waals surface area (Å²) in [5, 5.41) is 3.69. The number of anilines is 1. The van der Waals surface area contributed by atoms with Crippen molar-refractivity contribution in [2.45, 2.75) is 25.4 Å². The highest BCUT2D eigenvalue weighted by molar-refractivity contribution is 9.10. The molecule has 0 spiro atoms. The molecule has 4 nitrogen and oxygen atoms in total. The molecule has 3 rings (SSSR count). The van der Waals surface area contributed by atoms with Crippen LogP contribution in [0.3, 0.4) is 0 Å². The Morgan fingerprint density at radius 2 is 1.96 bits per heavy atom. The van der Waals surface area contributed by atoms with E-state index in [9.17, 15) is 4.79 Å². The summed E-state index contributed by atoms with van der Waals surface area (Å²) in [4.78, 5) is 12.4. The van der Waals surface area contributed by atoms with Gasteiger partial charge in [0.1, 0.15) is 6.04 Å². The Kier molecular flexibility index (Phi) is 5.02. The zero-order valence-corrected chi connectivity index (χ0v) is 14.9. The predicted octanol–water partition coefficient (Wildman–Crippen LogP) is 3.96. The fourth-order valence-corrected chi connectivity index (χ4v) is 3.23. The maximum Gasteiger partial charge on any atom is 0.242 e. The summed E-state index contributed by atoms with van der Waals surface area (Å²) in [5.74, 6) is -0.0422. The third-order valence-corrected chi connectivity index (χ3v) is 4.68. The van der Waals surface area contributed by atoms with E-state index >= 15 is 0 Å². The van der Waals surface area contributed by atoms with E-state index in [-0.39, 0.29) is 18.0 Å². The van der Waals surface area contributed by atoms with Crippen LogP contribution in [0.5, 0.6) is 0 Å². The van der Waals surface area contributed by atoms with Crippen LogP contribution in [0, 0.1) is 6.92 Å². The van der Waals surface area contributed by atoms with E-state index in [0.717, 1.165) is 21.3 Å². The monoisotopic (exact) mass is 393 g/mol. The molecule has 2 aromatic rings. The molecule has 0 bridgehead atoms. The van der Waals surface area contributed by atoms with Crippen molar-refractivity contribution in [1.82, 2.24) is 10.9 Å². The lowest BCUT2D eigenvalue weighted by molar-refractivity contribution is -0.117. The first kappa shape index (κ1) is 16.5. The van der Waals surface area contributed by atoms with Crippen molar-refractivity contribution >= 4 is 39.1 Å². The number of benzene rings is 2. The van der Waals surface area contributed by atoms with Gasteiger partial charge in [-0.25, -0.2) is 10.9 Å². The molecule has 3 N–H and O–H groups in total. The van der Waals surface area contributed by atoms with E-state index in [1.165, 1.54) is 0 Å². The average molecular weight is 395 g/mol. The summed E-state index contributed by atoms with van der Waals surface area (Å²) in [6.45, 7) is 1.97.